The van der Waals surface area contributed by atoms with Gasteiger partial charge in [-0.3, -0.25) is 4.79 Å². The van der Waals surface area contributed by atoms with E-state index in [0.717, 1.165) is 0 Å². The number of hydrogen-bond acceptors (Lipinski definition) is 4. The molecular weight excluding hydrogens is 254 g/mol. The van der Waals surface area contributed by atoms with Crippen LogP contribution in [0, 0.1) is 6.92 Å². The monoisotopic (exact) mass is 265 g/mol. The second-order valence-corrected chi connectivity index (χ2v) is 5.77. The van der Waals surface area contributed by atoms with Gasteiger partial charge in [-0.05, 0) is 13.8 Å². The number of nitrogens with one attached hydrogen (secondary N) is 1. The fourth-order valence-electron chi connectivity index (χ4n) is 1.30. The summed E-state index contributed by atoms with van der Waals surface area (Å²) in [6.07, 6.45) is 1.25. The van der Waals surface area contributed by atoms with Crippen molar-refractivity contribution < 1.29 is 13.2 Å². The smallest absolute Gasteiger partial charge is 0.280 e. The molecule has 1 amide bonds. The molecule has 1 aromatic heterocycles. The summed E-state index contributed by atoms with van der Waals surface area (Å²) in [7, 11) is 2.80. The normalized spacial score (nSPS) is 13.5. The molecule has 0 aromatic carbocycles. The Morgan fingerprint density at radius 3 is 2.56 bits per heavy atom. The molecule has 1 unspecified atom stereocenters. The molecule has 6 nitrogen and oxygen atoms in total. The minimum Gasteiger partial charge on any atom is -0.357 e. The van der Waals surface area contributed by atoms with E-state index in [9.17, 15) is 13.2 Å². The number of rotatable bonds is 3. The molecule has 1 atom stereocenters. The van der Waals surface area contributed by atoms with Crippen LogP contribution in [-0.2, 0) is 13.8 Å². The van der Waals surface area contributed by atoms with Crippen molar-refractivity contribution in [2.45, 2.75) is 24.9 Å². The lowest BCUT2D eigenvalue weighted by Gasteiger charge is -2.12. The third kappa shape index (κ3) is 2.53. The van der Waals surface area contributed by atoms with Crippen LogP contribution in [0.1, 0.15) is 18.8 Å². The molecular formula is C8H12ClN3O3S. The van der Waals surface area contributed by atoms with Crippen LogP contribution in [0.15, 0.2) is 11.2 Å². The number of likely N-dealkylation sites (N-methyl/N-ethyl adjacent to an activating group) is 1. The minimum atomic E-state index is -3.86. The first-order chi connectivity index (χ1) is 7.27. The van der Waals surface area contributed by atoms with E-state index < -0.39 is 15.1 Å². The summed E-state index contributed by atoms with van der Waals surface area (Å²) in [6, 6.07) is -0.537. The molecule has 0 aliphatic heterocycles. The number of carbonyl (C=O) groups excluding carboxylic acids is 1. The Labute approximate surface area is 98.0 Å². The molecule has 1 heterocycles. The number of nitrogens with zero attached hydrogens (tertiary/aromatic N) is 2. The third-order valence-corrected chi connectivity index (χ3v) is 3.36. The molecule has 8 heteroatoms. The maximum atomic E-state index is 11.4. The number of amides is 1. The fourth-order valence-corrected chi connectivity index (χ4v) is 2.01. The van der Waals surface area contributed by atoms with Gasteiger partial charge >= 0.3 is 0 Å². The predicted molar refractivity (Wildman–Crippen MR) is 58.8 cm³/mol. The van der Waals surface area contributed by atoms with Crippen molar-refractivity contribution in [2.24, 2.45) is 0 Å². The first-order valence-corrected chi connectivity index (χ1v) is 6.80. The summed E-state index contributed by atoms with van der Waals surface area (Å²) < 4.78 is 23.6. The number of imidazole rings is 1. The average molecular weight is 266 g/mol. The fraction of sp³-hybridized carbons (Fsp3) is 0.500. The molecule has 0 aliphatic carbocycles. The van der Waals surface area contributed by atoms with Crippen LogP contribution < -0.4 is 5.32 Å². The maximum Gasteiger partial charge on any atom is 0.280 e. The zero-order valence-corrected chi connectivity index (χ0v) is 10.6. The highest BCUT2D eigenvalue weighted by Gasteiger charge is 2.21. The standard InChI is InChI=1S/C8H12ClN3O3S/c1-5(8(13)10-3)12-4-7(11-6(12)2)16(9,14)15/h4-5H,1-3H3,(H,10,13). The van der Waals surface area contributed by atoms with Crippen LogP contribution in [0.3, 0.4) is 0 Å². The van der Waals surface area contributed by atoms with Crippen LogP contribution in [0.4, 0.5) is 0 Å². The molecule has 0 aliphatic rings. The Hall–Kier alpha value is -1.08. The molecule has 90 valence electrons. The highest BCUT2D eigenvalue weighted by Crippen LogP contribution is 2.17. The predicted octanol–water partition coefficient (Wildman–Crippen LogP) is 0.426. The van der Waals surface area contributed by atoms with E-state index in [4.69, 9.17) is 10.7 Å². The van der Waals surface area contributed by atoms with Crippen molar-refractivity contribution in [3.05, 3.63) is 12.0 Å². The second kappa shape index (κ2) is 4.42. The van der Waals surface area contributed by atoms with Gasteiger partial charge < -0.3 is 9.88 Å². The van der Waals surface area contributed by atoms with Crippen molar-refractivity contribution in [1.29, 1.82) is 0 Å². The second-order valence-electron chi connectivity index (χ2n) is 3.26. The number of aromatic nitrogens is 2. The average Bonchev–Trinajstić information content (AvgIpc) is 2.57. The van der Waals surface area contributed by atoms with E-state index >= 15 is 0 Å². The van der Waals surface area contributed by atoms with Gasteiger partial charge in [0.05, 0.1) is 0 Å². The molecule has 16 heavy (non-hydrogen) atoms. The lowest BCUT2D eigenvalue weighted by atomic mass is 10.3. The van der Waals surface area contributed by atoms with Crippen LogP contribution in [0.25, 0.3) is 0 Å². The van der Waals surface area contributed by atoms with Gasteiger partial charge in [0, 0.05) is 23.9 Å². The van der Waals surface area contributed by atoms with E-state index in [2.05, 4.69) is 10.3 Å². The summed E-state index contributed by atoms with van der Waals surface area (Å²) in [6.45, 7) is 3.24. The molecule has 0 radical (unpaired) electrons. The zero-order valence-electron chi connectivity index (χ0n) is 9.06. The van der Waals surface area contributed by atoms with Gasteiger partial charge in [-0.15, -0.1) is 0 Å². The molecule has 1 rings (SSSR count). The van der Waals surface area contributed by atoms with Crippen molar-refractivity contribution in [1.82, 2.24) is 14.9 Å². The van der Waals surface area contributed by atoms with E-state index in [0.29, 0.717) is 5.82 Å². The highest BCUT2D eigenvalue weighted by atomic mass is 35.7. The Morgan fingerprint density at radius 1 is 1.62 bits per heavy atom. The van der Waals surface area contributed by atoms with E-state index in [-0.39, 0.29) is 10.9 Å². The summed E-state index contributed by atoms with van der Waals surface area (Å²) >= 11 is 0. The quantitative estimate of drug-likeness (QED) is 0.804. The lowest BCUT2D eigenvalue weighted by Crippen LogP contribution is -2.27. The summed E-state index contributed by atoms with van der Waals surface area (Å²) in [4.78, 5) is 15.2. The molecule has 0 bridgehead atoms. The molecule has 1 N–H and O–H groups in total. The first kappa shape index (κ1) is 13.0. The number of aryl methyl sites for hydroxylation is 1. The zero-order chi connectivity index (χ0) is 12.5. The van der Waals surface area contributed by atoms with Gasteiger partial charge in [-0.25, -0.2) is 13.4 Å². The number of hydrogen-bond donors (Lipinski definition) is 1. The van der Waals surface area contributed by atoms with Crippen LogP contribution in [0.5, 0.6) is 0 Å². The van der Waals surface area contributed by atoms with Crippen LogP contribution in [-0.4, -0.2) is 30.9 Å². The van der Waals surface area contributed by atoms with Crippen molar-refractivity contribution >= 4 is 25.6 Å². The molecule has 0 spiro atoms. The van der Waals surface area contributed by atoms with Gasteiger partial charge in [-0.1, -0.05) is 0 Å². The number of halogens is 1. The summed E-state index contributed by atoms with van der Waals surface area (Å²) in [5.74, 6) is 0.175. The third-order valence-electron chi connectivity index (χ3n) is 2.19. The minimum absolute atomic E-state index is 0.237. The number of carbonyl (C=O) groups is 1. The van der Waals surface area contributed by atoms with E-state index in [1.807, 2.05) is 0 Å². The molecule has 0 saturated carbocycles. The maximum absolute atomic E-state index is 11.4. The molecule has 0 fully saturated rings. The Morgan fingerprint density at radius 2 is 2.19 bits per heavy atom. The van der Waals surface area contributed by atoms with Crippen LogP contribution >= 0.6 is 10.7 Å². The Balaban J connectivity index is 3.17. The summed E-state index contributed by atoms with van der Waals surface area (Å²) in [5.41, 5.74) is 0. The Kier molecular flexibility index (Phi) is 3.59. The van der Waals surface area contributed by atoms with Crippen LogP contribution in [0.2, 0.25) is 0 Å². The van der Waals surface area contributed by atoms with Gasteiger partial charge in [-0.2, -0.15) is 0 Å². The van der Waals surface area contributed by atoms with Crippen molar-refractivity contribution in [3.8, 4) is 0 Å². The Bertz CT molecular complexity index is 509. The first-order valence-electron chi connectivity index (χ1n) is 4.49. The van der Waals surface area contributed by atoms with Gasteiger partial charge in [0.1, 0.15) is 11.9 Å². The topological polar surface area (TPSA) is 81.1 Å². The molecule has 1 aromatic rings. The largest absolute Gasteiger partial charge is 0.357 e. The highest BCUT2D eigenvalue weighted by molar-refractivity contribution is 8.13. The van der Waals surface area contributed by atoms with Gasteiger partial charge in [0.25, 0.3) is 9.05 Å². The SMILES string of the molecule is CNC(=O)C(C)n1cc(S(=O)(=O)Cl)nc1C. The van der Waals surface area contributed by atoms with Gasteiger partial charge in [0.2, 0.25) is 5.91 Å². The van der Waals surface area contributed by atoms with Gasteiger partial charge in [0.15, 0.2) is 5.03 Å². The molecule has 0 saturated heterocycles. The van der Waals surface area contributed by atoms with Crippen molar-refractivity contribution in [3.63, 3.8) is 0 Å². The summed E-state index contributed by atoms with van der Waals surface area (Å²) in [5, 5.41) is 2.22. The van der Waals surface area contributed by atoms with E-state index in [1.165, 1.54) is 17.8 Å². The van der Waals surface area contributed by atoms with E-state index in [1.54, 1.807) is 13.8 Å². The lowest BCUT2D eigenvalue weighted by molar-refractivity contribution is -0.123. The van der Waals surface area contributed by atoms with Crippen molar-refractivity contribution in [2.75, 3.05) is 7.05 Å².